The van der Waals surface area contributed by atoms with Crippen molar-refractivity contribution in [3.05, 3.63) is 65.2 Å². The fourth-order valence-electron chi connectivity index (χ4n) is 2.83. The first-order valence-corrected chi connectivity index (χ1v) is 10.7. The molecule has 1 aliphatic rings. The van der Waals surface area contributed by atoms with Gasteiger partial charge < -0.3 is 15.2 Å². The van der Waals surface area contributed by atoms with E-state index in [1.165, 1.54) is 11.6 Å². The number of nitrogens with one attached hydrogen (secondary N) is 1. The highest BCUT2D eigenvalue weighted by molar-refractivity contribution is 8.14. The van der Waals surface area contributed by atoms with Crippen LogP contribution in [0.25, 0.3) is 0 Å². The van der Waals surface area contributed by atoms with Crippen molar-refractivity contribution in [2.45, 2.75) is 40.2 Å². The van der Waals surface area contributed by atoms with E-state index >= 15 is 0 Å². The van der Waals surface area contributed by atoms with Gasteiger partial charge in [0, 0.05) is 18.0 Å². The minimum Gasteiger partial charge on any atom is -0.487 e. The Hall–Kier alpha value is -2.54. The number of aliphatic imine (C=N–C) groups is 1. The second kappa shape index (κ2) is 13.6. The van der Waals surface area contributed by atoms with Gasteiger partial charge in [-0.15, -0.1) is 11.8 Å². The number of benzene rings is 1. The van der Waals surface area contributed by atoms with Crippen LogP contribution < -0.4 is 5.32 Å². The molecule has 2 rings (SSSR count). The van der Waals surface area contributed by atoms with Gasteiger partial charge >= 0.3 is 0 Å². The zero-order chi connectivity index (χ0) is 22.5. The van der Waals surface area contributed by atoms with Crippen molar-refractivity contribution in [3.63, 3.8) is 0 Å². The summed E-state index contributed by atoms with van der Waals surface area (Å²) in [7, 11) is 0. The van der Waals surface area contributed by atoms with Crippen LogP contribution in [0.2, 0.25) is 0 Å². The molecule has 7 heteroatoms. The zero-order valence-corrected chi connectivity index (χ0v) is 18.9. The van der Waals surface area contributed by atoms with Gasteiger partial charge in [0.05, 0.1) is 6.04 Å². The second-order valence-corrected chi connectivity index (χ2v) is 8.12. The molecule has 0 bridgehead atoms. The predicted octanol–water partition coefficient (Wildman–Crippen LogP) is 5.59. The molecule has 0 saturated carbocycles. The highest BCUT2D eigenvalue weighted by Gasteiger charge is 2.18. The summed E-state index contributed by atoms with van der Waals surface area (Å²) in [6, 6.07) is 5.08. The van der Waals surface area contributed by atoms with E-state index in [1.807, 2.05) is 13.8 Å². The van der Waals surface area contributed by atoms with Crippen LogP contribution in [0.5, 0.6) is 0 Å². The molecule has 0 amide bonds. The summed E-state index contributed by atoms with van der Waals surface area (Å²) in [6.45, 7) is 13.0. The topological polar surface area (TPSA) is 70.9 Å². The molecule has 1 aliphatic heterocycles. The molecule has 0 spiro atoms. The van der Waals surface area contributed by atoms with Crippen molar-refractivity contribution in [1.82, 2.24) is 0 Å². The molecule has 2 N–H and O–H groups in total. The van der Waals surface area contributed by atoms with E-state index in [1.54, 1.807) is 30.0 Å². The Morgan fingerprint density at radius 1 is 1.43 bits per heavy atom. The first-order valence-electron chi connectivity index (χ1n) is 9.69. The summed E-state index contributed by atoms with van der Waals surface area (Å²) in [6.07, 6.45) is 4.74. The third-order valence-electron chi connectivity index (χ3n) is 4.19. The predicted molar refractivity (Wildman–Crippen MR) is 125 cm³/mol. The van der Waals surface area contributed by atoms with Gasteiger partial charge in [-0.3, -0.25) is 9.79 Å². The van der Waals surface area contributed by atoms with Gasteiger partial charge in [-0.05, 0) is 63.5 Å². The van der Waals surface area contributed by atoms with Crippen LogP contribution in [0.15, 0.2) is 58.8 Å². The molecule has 1 aromatic carbocycles. The molecule has 0 saturated heterocycles. The third-order valence-corrected chi connectivity index (χ3v) is 5.30. The Kier molecular flexibility index (Phi) is 11.6. The lowest BCUT2D eigenvalue weighted by molar-refractivity contribution is -0.122. The van der Waals surface area contributed by atoms with Gasteiger partial charge in [-0.1, -0.05) is 24.3 Å². The van der Waals surface area contributed by atoms with Crippen LogP contribution >= 0.6 is 11.8 Å². The number of rotatable bonds is 9. The zero-order valence-electron chi connectivity index (χ0n) is 18.1. The van der Waals surface area contributed by atoms with Crippen LogP contribution in [0.3, 0.4) is 0 Å². The maximum absolute atomic E-state index is 13.3. The smallest absolute Gasteiger partial charge is 0.290 e. The average molecular weight is 435 g/mol. The minimum absolute atomic E-state index is 0.216. The Balaban J connectivity index is 0.00000141. The largest absolute Gasteiger partial charge is 0.487 e. The number of ether oxygens (including phenoxy) is 1. The van der Waals surface area contributed by atoms with Crippen molar-refractivity contribution in [1.29, 1.82) is 0 Å². The standard InChI is InChI=1S/C22H29FN2OS.CH2O2/c1-6-21(17(5)11-15(2)3)26-13-22-25-19(14-27-22)9-10-24-20-12-18(23)8-7-16(20)4;2-1-3/h6-8,11-12,19,24H,1,9-10,13-14H2,2-5H3;1H,(H,2,3)/b21-17+;. The Bertz CT molecular complexity index is 815. The van der Waals surface area contributed by atoms with E-state index in [0.717, 1.165) is 46.3 Å². The lowest BCUT2D eigenvalue weighted by Crippen LogP contribution is -2.12. The molecule has 1 unspecified atom stereocenters. The van der Waals surface area contributed by atoms with Crippen LogP contribution in [0, 0.1) is 12.7 Å². The number of nitrogens with zero attached hydrogens (tertiary/aromatic N) is 1. The number of thioether (sulfide) groups is 1. The summed E-state index contributed by atoms with van der Waals surface area (Å²) in [5.41, 5.74) is 4.19. The summed E-state index contributed by atoms with van der Waals surface area (Å²) in [5.74, 6) is 1.54. The number of hydrogen-bond acceptors (Lipinski definition) is 5. The normalized spacial score (nSPS) is 15.8. The molecule has 30 heavy (non-hydrogen) atoms. The lowest BCUT2D eigenvalue weighted by Gasteiger charge is -2.11. The van der Waals surface area contributed by atoms with Gasteiger partial charge in [-0.2, -0.15) is 0 Å². The highest BCUT2D eigenvalue weighted by Crippen LogP contribution is 2.23. The number of carbonyl (C=O) groups is 1. The first-order chi connectivity index (χ1) is 14.3. The van der Waals surface area contributed by atoms with E-state index in [-0.39, 0.29) is 18.3 Å². The van der Waals surface area contributed by atoms with Crippen molar-refractivity contribution < 1.29 is 19.0 Å². The quantitative estimate of drug-likeness (QED) is 0.301. The molecular weight excluding hydrogens is 403 g/mol. The van der Waals surface area contributed by atoms with E-state index < -0.39 is 0 Å². The van der Waals surface area contributed by atoms with Crippen LogP contribution in [-0.4, -0.2) is 41.6 Å². The minimum atomic E-state index is -0.250. The van der Waals surface area contributed by atoms with Crippen LogP contribution in [0.1, 0.15) is 32.8 Å². The number of carboxylic acid groups (broad SMARTS) is 1. The summed E-state index contributed by atoms with van der Waals surface area (Å²) >= 11 is 1.75. The van der Waals surface area contributed by atoms with Crippen molar-refractivity contribution in [3.8, 4) is 0 Å². The molecule has 0 radical (unpaired) electrons. The SMILES string of the molecule is C=C/C(OCC1=NC(CCNc2cc(F)ccc2C)CS1)=C(/C)C=C(C)C.O=CO. The molecule has 164 valence electrons. The van der Waals surface area contributed by atoms with E-state index in [2.05, 4.69) is 31.8 Å². The maximum Gasteiger partial charge on any atom is 0.290 e. The van der Waals surface area contributed by atoms with Gasteiger partial charge in [0.2, 0.25) is 0 Å². The molecule has 5 nitrogen and oxygen atoms in total. The molecule has 0 aliphatic carbocycles. The van der Waals surface area contributed by atoms with Gasteiger partial charge in [-0.25, -0.2) is 4.39 Å². The summed E-state index contributed by atoms with van der Waals surface area (Å²) < 4.78 is 19.2. The van der Waals surface area contributed by atoms with Crippen LogP contribution in [-0.2, 0) is 9.53 Å². The maximum atomic E-state index is 13.3. The Morgan fingerprint density at radius 2 is 2.13 bits per heavy atom. The van der Waals surface area contributed by atoms with Gasteiger partial charge in [0.15, 0.2) is 0 Å². The number of halogens is 1. The third kappa shape index (κ3) is 9.31. The Morgan fingerprint density at radius 3 is 2.77 bits per heavy atom. The van der Waals surface area contributed by atoms with Crippen LogP contribution in [0.4, 0.5) is 10.1 Å². The fourth-order valence-corrected chi connectivity index (χ4v) is 3.82. The van der Waals surface area contributed by atoms with E-state index in [9.17, 15) is 4.39 Å². The summed E-state index contributed by atoms with van der Waals surface area (Å²) in [4.78, 5) is 13.1. The number of aryl methyl sites for hydroxylation is 1. The van der Waals surface area contributed by atoms with E-state index in [4.69, 9.17) is 19.6 Å². The molecule has 1 atom stereocenters. The van der Waals surface area contributed by atoms with Crippen molar-refractivity contribution in [2.24, 2.45) is 4.99 Å². The van der Waals surface area contributed by atoms with Crippen molar-refractivity contribution >= 4 is 29.0 Å². The average Bonchev–Trinajstić information content (AvgIpc) is 3.13. The highest BCUT2D eigenvalue weighted by atomic mass is 32.2. The molecule has 1 heterocycles. The Labute approximate surface area is 182 Å². The molecule has 0 aromatic heterocycles. The molecule has 0 fully saturated rings. The van der Waals surface area contributed by atoms with Gasteiger partial charge in [0.25, 0.3) is 6.47 Å². The van der Waals surface area contributed by atoms with E-state index in [0.29, 0.717) is 6.61 Å². The number of hydrogen-bond donors (Lipinski definition) is 2. The number of anilines is 1. The lowest BCUT2D eigenvalue weighted by atomic mass is 10.2. The van der Waals surface area contributed by atoms with Crippen molar-refractivity contribution in [2.75, 3.05) is 24.2 Å². The summed E-state index contributed by atoms with van der Waals surface area (Å²) in [5, 5.41) is 11.2. The number of allylic oxidation sites excluding steroid dienone is 4. The van der Waals surface area contributed by atoms with Gasteiger partial charge in [0.1, 0.15) is 23.2 Å². The fraction of sp³-hybridized carbons (Fsp3) is 0.391. The first kappa shape index (κ1) is 25.5. The second-order valence-electron chi connectivity index (χ2n) is 7.03. The monoisotopic (exact) mass is 434 g/mol. The molecule has 1 aromatic rings. The molecular formula is C23H31FN2O3S.